The van der Waals surface area contributed by atoms with E-state index in [0.717, 1.165) is 5.56 Å². The summed E-state index contributed by atoms with van der Waals surface area (Å²) >= 11 is 0. The van der Waals surface area contributed by atoms with Crippen molar-refractivity contribution in [3.05, 3.63) is 82.6 Å². The molecule has 1 heterocycles. The van der Waals surface area contributed by atoms with E-state index in [2.05, 4.69) is 5.32 Å². The van der Waals surface area contributed by atoms with Crippen molar-refractivity contribution >= 4 is 17.9 Å². The number of rotatable bonds is 8. The first-order valence-corrected chi connectivity index (χ1v) is 9.35. The van der Waals surface area contributed by atoms with Gasteiger partial charge in [-0.05, 0) is 48.0 Å². The Bertz CT molecular complexity index is 1070. The summed E-state index contributed by atoms with van der Waals surface area (Å²) < 4.78 is 15.4. The van der Waals surface area contributed by atoms with Gasteiger partial charge in [-0.3, -0.25) is 0 Å². The van der Waals surface area contributed by atoms with Crippen LogP contribution in [0.4, 0.5) is 0 Å². The molecule has 0 spiro atoms. The molecule has 0 radical (unpaired) electrons. The van der Waals surface area contributed by atoms with Crippen LogP contribution in [0.3, 0.4) is 0 Å². The smallest absolute Gasteiger partial charge is 0.337 e. The van der Waals surface area contributed by atoms with Gasteiger partial charge in [-0.15, -0.1) is 0 Å². The van der Waals surface area contributed by atoms with Gasteiger partial charge in [0, 0.05) is 12.1 Å². The van der Waals surface area contributed by atoms with Gasteiger partial charge in [-0.2, -0.15) is 0 Å². The first kappa shape index (κ1) is 21.8. The van der Waals surface area contributed by atoms with Gasteiger partial charge in [-0.1, -0.05) is 12.1 Å². The number of carbonyl (C=O) groups excluding carboxylic acids is 2. The molecule has 3 aromatic rings. The molecule has 160 valence electrons. The second kappa shape index (κ2) is 9.73. The van der Waals surface area contributed by atoms with Crippen LogP contribution in [0.15, 0.2) is 59.0 Å². The maximum absolute atomic E-state index is 12.0. The summed E-state index contributed by atoms with van der Waals surface area (Å²) in [4.78, 5) is 34.8. The normalized spacial score (nSPS) is 10.5. The second-order valence-electron chi connectivity index (χ2n) is 6.65. The van der Waals surface area contributed by atoms with Crippen LogP contribution in [0.5, 0.6) is 0 Å². The number of ether oxygens (including phenoxy) is 2. The average molecular weight is 423 g/mol. The van der Waals surface area contributed by atoms with Gasteiger partial charge in [0.05, 0.1) is 37.5 Å². The average Bonchev–Trinajstić information content (AvgIpc) is 3.27. The van der Waals surface area contributed by atoms with Crippen molar-refractivity contribution in [3.8, 4) is 11.3 Å². The summed E-state index contributed by atoms with van der Waals surface area (Å²) in [5.41, 5.74) is 2.13. The maximum Gasteiger partial charge on any atom is 0.337 e. The molecule has 0 aliphatic heterocycles. The van der Waals surface area contributed by atoms with E-state index < -0.39 is 17.9 Å². The number of hydrogen-bond donors (Lipinski definition) is 2. The molecule has 0 saturated carbocycles. The van der Waals surface area contributed by atoms with Crippen molar-refractivity contribution in [2.75, 3.05) is 14.2 Å². The summed E-state index contributed by atoms with van der Waals surface area (Å²) in [6.45, 7) is 0.960. The predicted octanol–water partition coefficient (Wildman–Crippen LogP) is 3.51. The van der Waals surface area contributed by atoms with Crippen molar-refractivity contribution in [1.29, 1.82) is 0 Å². The fourth-order valence-corrected chi connectivity index (χ4v) is 2.96. The summed E-state index contributed by atoms with van der Waals surface area (Å²) in [5.74, 6) is -0.975. The molecule has 0 aliphatic carbocycles. The van der Waals surface area contributed by atoms with Crippen LogP contribution in [0.1, 0.15) is 42.4 Å². The van der Waals surface area contributed by atoms with Gasteiger partial charge in [0.2, 0.25) is 0 Å². The fourth-order valence-electron chi connectivity index (χ4n) is 2.96. The lowest BCUT2D eigenvalue weighted by Gasteiger charge is -2.07. The van der Waals surface area contributed by atoms with E-state index in [1.807, 2.05) is 0 Å². The van der Waals surface area contributed by atoms with Crippen LogP contribution in [0.2, 0.25) is 0 Å². The Morgan fingerprint density at radius 2 is 1.45 bits per heavy atom. The maximum atomic E-state index is 12.0. The first-order chi connectivity index (χ1) is 14.9. The van der Waals surface area contributed by atoms with E-state index in [4.69, 9.17) is 19.0 Å². The summed E-state index contributed by atoms with van der Waals surface area (Å²) in [6.07, 6.45) is 0. The van der Waals surface area contributed by atoms with E-state index >= 15 is 0 Å². The molecule has 1 aromatic heterocycles. The highest BCUT2D eigenvalue weighted by Crippen LogP contribution is 2.26. The number of furan rings is 1. The van der Waals surface area contributed by atoms with Crippen LogP contribution in [0, 0.1) is 0 Å². The van der Waals surface area contributed by atoms with Gasteiger partial charge in [-0.25, -0.2) is 14.4 Å². The van der Waals surface area contributed by atoms with Crippen LogP contribution in [0.25, 0.3) is 11.3 Å². The van der Waals surface area contributed by atoms with Crippen molar-refractivity contribution in [1.82, 2.24) is 5.32 Å². The molecule has 0 amide bonds. The summed E-state index contributed by atoms with van der Waals surface area (Å²) in [5, 5.41) is 12.2. The van der Waals surface area contributed by atoms with E-state index in [1.165, 1.54) is 20.3 Å². The predicted molar refractivity (Wildman–Crippen MR) is 111 cm³/mol. The highest BCUT2D eigenvalue weighted by molar-refractivity contribution is 5.97. The summed E-state index contributed by atoms with van der Waals surface area (Å²) in [7, 11) is 2.53. The molecule has 8 heteroatoms. The minimum absolute atomic E-state index is 0.210. The lowest BCUT2D eigenvalue weighted by atomic mass is 10.0. The largest absolute Gasteiger partial charge is 0.478 e. The minimum Gasteiger partial charge on any atom is -0.478 e. The van der Waals surface area contributed by atoms with Crippen LogP contribution in [-0.4, -0.2) is 37.2 Å². The lowest BCUT2D eigenvalue weighted by Crippen LogP contribution is -2.12. The molecule has 0 fully saturated rings. The van der Waals surface area contributed by atoms with E-state index in [9.17, 15) is 14.4 Å². The van der Waals surface area contributed by atoms with Gasteiger partial charge >= 0.3 is 17.9 Å². The molecule has 0 atom stereocenters. The molecule has 0 aliphatic rings. The number of carbonyl (C=O) groups is 3. The standard InChI is InChI=1S/C23H21NO7/c1-29-22(27)17-9-16(10-18(11-17)23(28)30-2)20-8-7-19(31-20)13-24-12-14-3-5-15(6-4-14)21(25)26/h3-11,24H,12-13H2,1-2H3,(H,25,26). The molecular formula is C23H21NO7. The molecule has 3 rings (SSSR count). The number of aromatic carboxylic acids is 1. The third-order valence-electron chi connectivity index (χ3n) is 4.55. The Morgan fingerprint density at radius 1 is 0.839 bits per heavy atom. The monoisotopic (exact) mass is 423 g/mol. The van der Waals surface area contributed by atoms with Gasteiger partial charge in [0.15, 0.2) is 0 Å². The van der Waals surface area contributed by atoms with Crippen molar-refractivity contribution < 1.29 is 33.4 Å². The molecular weight excluding hydrogens is 402 g/mol. The zero-order valence-electron chi connectivity index (χ0n) is 17.0. The number of benzene rings is 2. The zero-order valence-corrected chi connectivity index (χ0v) is 17.0. The number of esters is 2. The van der Waals surface area contributed by atoms with Crippen LogP contribution < -0.4 is 5.32 Å². The molecule has 2 aromatic carbocycles. The first-order valence-electron chi connectivity index (χ1n) is 9.35. The van der Waals surface area contributed by atoms with Crippen LogP contribution >= 0.6 is 0 Å². The zero-order chi connectivity index (χ0) is 22.4. The van der Waals surface area contributed by atoms with Gasteiger partial charge in [0.1, 0.15) is 11.5 Å². The third kappa shape index (κ3) is 5.37. The van der Waals surface area contributed by atoms with E-state index in [0.29, 0.717) is 30.2 Å². The highest BCUT2D eigenvalue weighted by atomic mass is 16.5. The lowest BCUT2D eigenvalue weighted by molar-refractivity contribution is 0.0597. The van der Waals surface area contributed by atoms with Crippen molar-refractivity contribution in [2.24, 2.45) is 0 Å². The number of carboxylic acids is 1. The summed E-state index contributed by atoms with van der Waals surface area (Å²) in [6, 6.07) is 14.7. The van der Waals surface area contributed by atoms with Gasteiger partial charge < -0.3 is 24.3 Å². The van der Waals surface area contributed by atoms with Crippen molar-refractivity contribution in [3.63, 3.8) is 0 Å². The molecule has 0 saturated heterocycles. The minimum atomic E-state index is -0.964. The SMILES string of the molecule is COC(=O)c1cc(C(=O)OC)cc(-c2ccc(CNCc3ccc(C(=O)O)cc3)o2)c1. The van der Waals surface area contributed by atoms with Crippen molar-refractivity contribution in [2.45, 2.75) is 13.1 Å². The fraction of sp³-hybridized carbons (Fsp3) is 0.174. The Morgan fingerprint density at radius 3 is 2.00 bits per heavy atom. The molecule has 0 unspecified atom stereocenters. The van der Waals surface area contributed by atoms with E-state index in [1.54, 1.807) is 48.5 Å². The third-order valence-corrected chi connectivity index (χ3v) is 4.55. The molecule has 0 bridgehead atoms. The molecule has 31 heavy (non-hydrogen) atoms. The Hall–Kier alpha value is -3.91. The molecule has 2 N–H and O–H groups in total. The van der Waals surface area contributed by atoms with Gasteiger partial charge in [0.25, 0.3) is 0 Å². The Balaban J connectivity index is 1.71. The molecule has 8 nitrogen and oxygen atoms in total. The van der Waals surface area contributed by atoms with E-state index in [-0.39, 0.29) is 16.7 Å². The Labute approximate surface area is 178 Å². The second-order valence-corrected chi connectivity index (χ2v) is 6.65. The van der Waals surface area contributed by atoms with Crippen LogP contribution in [-0.2, 0) is 22.6 Å². The number of hydrogen-bond acceptors (Lipinski definition) is 7. The number of carboxylic acid groups (broad SMARTS) is 1. The number of nitrogens with one attached hydrogen (secondary N) is 1. The topological polar surface area (TPSA) is 115 Å². The quantitative estimate of drug-likeness (QED) is 0.529. The number of methoxy groups -OCH3 is 2. The Kier molecular flexibility index (Phi) is 6.84. The highest BCUT2D eigenvalue weighted by Gasteiger charge is 2.16.